The maximum absolute atomic E-state index is 13.1. The molecule has 1 aliphatic rings. The zero-order chi connectivity index (χ0) is 19.6. The number of rotatable bonds is 4. The van der Waals surface area contributed by atoms with Crippen LogP contribution in [0.5, 0.6) is 0 Å². The Morgan fingerprint density at radius 1 is 1.30 bits per heavy atom. The van der Waals surface area contributed by atoms with Crippen LogP contribution in [0.2, 0.25) is 5.02 Å². The number of ether oxygens (including phenoxy) is 1. The molecule has 1 atom stereocenters. The van der Waals surface area contributed by atoms with Crippen LogP contribution < -0.4 is 10.6 Å². The maximum Gasteiger partial charge on any atom is 0.338 e. The predicted octanol–water partition coefficient (Wildman–Crippen LogP) is 3.71. The average Bonchev–Trinajstić information content (AvgIpc) is 2.63. The fourth-order valence-corrected chi connectivity index (χ4v) is 3.32. The molecular weight excluding hydrogens is 395 g/mol. The number of fused-ring (bicyclic) bond motifs is 1. The van der Waals surface area contributed by atoms with Crippen molar-refractivity contribution in [1.82, 2.24) is 0 Å². The van der Waals surface area contributed by atoms with Gasteiger partial charge in [0.15, 0.2) is 6.10 Å². The smallest absolute Gasteiger partial charge is 0.338 e. The number of nitrogens with one attached hydrogen (secondary N) is 2. The van der Waals surface area contributed by atoms with Crippen molar-refractivity contribution in [3.63, 3.8) is 0 Å². The van der Waals surface area contributed by atoms with Gasteiger partial charge in [0.05, 0.1) is 27.7 Å². The first-order chi connectivity index (χ1) is 12.8. The molecule has 6 nitrogen and oxygen atoms in total. The Balaban J connectivity index is 1.65. The summed E-state index contributed by atoms with van der Waals surface area (Å²) in [5, 5.41) is 5.19. The minimum absolute atomic E-state index is 0.0322. The number of amides is 2. The van der Waals surface area contributed by atoms with E-state index in [9.17, 15) is 18.8 Å². The van der Waals surface area contributed by atoms with E-state index >= 15 is 0 Å². The van der Waals surface area contributed by atoms with Crippen LogP contribution in [0.3, 0.4) is 0 Å². The fraction of sp³-hybridized carbons (Fsp3) is 0.167. The quantitative estimate of drug-likeness (QED) is 0.753. The molecule has 2 aromatic carbocycles. The SMILES string of the molecule is C[C@@H](OC(=O)c1ccc2c(c1)NC(=O)CS2)C(=O)Nc1ccc(F)cc1Cl. The van der Waals surface area contributed by atoms with Gasteiger partial charge in [0.2, 0.25) is 5.91 Å². The molecule has 2 amide bonds. The van der Waals surface area contributed by atoms with Crippen LogP contribution in [0.25, 0.3) is 0 Å². The lowest BCUT2D eigenvalue weighted by molar-refractivity contribution is -0.123. The Hall–Kier alpha value is -2.58. The number of benzene rings is 2. The van der Waals surface area contributed by atoms with Gasteiger partial charge in [-0.15, -0.1) is 11.8 Å². The summed E-state index contributed by atoms with van der Waals surface area (Å²) in [5.41, 5.74) is 0.941. The number of thioether (sulfide) groups is 1. The van der Waals surface area contributed by atoms with E-state index in [1.807, 2.05) is 0 Å². The van der Waals surface area contributed by atoms with Gasteiger partial charge in [0.25, 0.3) is 5.91 Å². The Bertz CT molecular complexity index is 938. The van der Waals surface area contributed by atoms with Gasteiger partial charge in [-0.1, -0.05) is 11.6 Å². The van der Waals surface area contributed by atoms with Gasteiger partial charge in [0.1, 0.15) is 5.82 Å². The molecule has 3 rings (SSSR count). The van der Waals surface area contributed by atoms with Crippen LogP contribution >= 0.6 is 23.4 Å². The third kappa shape index (κ3) is 4.58. The van der Waals surface area contributed by atoms with Crippen molar-refractivity contribution in [2.75, 3.05) is 16.4 Å². The minimum atomic E-state index is -1.11. The standard InChI is InChI=1S/C18H14ClFN2O4S/c1-9(17(24)22-13-4-3-11(20)7-12(13)19)26-18(25)10-2-5-15-14(6-10)21-16(23)8-27-15/h2-7,9H,8H2,1H3,(H,21,23)(H,22,24)/t9-/m1/s1. The molecule has 0 unspecified atom stereocenters. The van der Waals surface area contributed by atoms with E-state index in [0.29, 0.717) is 11.4 Å². The lowest BCUT2D eigenvalue weighted by atomic mass is 10.2. The molecule has 2 aromatic rings. The monoisotopic (exact) mass is 408 g/mol. The first-order valence-corrected chi connectivity index (χ1v) is 9.23. The summed E-state index contributed by atoms with van der Waals surface area (Å²) in [4.78, 5) is 36.8. The summed E-state index contributed by atoms with van der Waals surface area (Å²) >= 11 is 7.23. The van der Waals surface area contributed by atoms with Crippen molar-refractivity contribution >= 4 is 52.5 Å². The molecule has 1 aliphatic heterocycles. The number of halogens is 2. The van der Waals surface area contributed by atoms with Crippen LogP contribution in [0.1, 0.15) is 17.3 Å². The lowest BCUT2D eigenvalue weighted by Crippen LogP contribution is -2.30. The van der Waals surface area contributed by atoms with Gasteiger partial charge >= 0.3 is 5.97 Å². The van der Waals surface area contributed by atoms with Gasteiger partial charge in [-0.2, -0.15) is 0 Å². The summed E-state index contributed by atoms with van der Waals surface area (Å²) < 4.78 is 18.2. The van der Waals surface area contributed by atoms with Gasteiger partial charge in [0, 0.05) is 4.90 Å². The van der Waals surface area contributed by atoms with Gasteiger partial charge in [-0.25, -0.2) is 9.18 Å². The van der Waals surface area contributed by atoms with E-state index in [2.05, 4.69) is 10.6 Å². The number of esters is 1. The van der Waals surface area contributed by atoms with E-state index in [1.165, 1.54) is 30.8 Å². The Morgan fingerprint density at radius 2 is 2.07 bits per heavy atom. The van der Waals surface area contributed by atoms with E-state index in [0.717, 1.165) is 17.0 Å². The van der Waals surface area contributed by atoms with Crippen molar-refractivity contribution in [2.45, 2.75) is 17.9 Å². The van der Waals surface area contributed by atoms with Crippen LogP contribution in [0.4, 0.5) is 15.8 Å². The summed E-state index contributed by atoms with van der Waals surface area (Å²) in [6, 6.07) is 8.30. The second kappa shape index (κ2) is 7.98. The molecule has 2 N–H and O–H groups in total. The second-order valence-electron chi connectivity index (χ2n) is 5.71. The fourth-order valence-electron chi connectivity index (χ4n) is 2.32. The van der Waals surface area contributed by atoms with Gasteiger partial charge in [-0.3, -0.25) is 9.59 Å². The molecule has 27 heavy (non-hydrogen) atoms. The largest absolute Gasteiger partial charge is 0.449 e. The predicted molar refractivity (Wildman–Crippen MR) is 101 cm³/mol. The molecule has 140 valence electrons. The molecule has 0 saturated carbocycles. The number of carbonyl (C=O) groups is 3. The van der Waals surface area contributed by atoms with Crippen LogP contribution in [-0.4, -0.2) is 29.6 Å². The number of carbonyl (C=O) groups excluding carboxylic acids is 3. The van der Waals surface area contributed by atoms with Crippen molar-refractivity contribution in [1.29, 1.82) is 0 Å². The summed E-state index contributed by atoms with van der Waals surface area (Å²) in [6.07, 6.45) is -1.11. The van der Waals surface area contributed by atoms with E-state index in [4.69, 9.17) is 16.3 Å². The molecule has 0 aliphatic carbocycles. The average molecular weight is 409 g/mol. The van der Waals surface area contributed by atoms with Crippen LogP contribution in [0.15, 0.2) is 41.3 Å². The van der Waals surface area contributed by atoms with Crippen molar-refractivity contribution in [2.24, 2.45) is 0 Å². The normalized spacial score (nSPS) is 14.0. The first-order valence-electron chi connectivity index (χ1n) is 7.87. The highest BCUT2D eigenvalue weighted by Crippen LogP contribution is 2.32. The lowest BCUT2D eigenvalue weighted by Gasteiger charge is -2.18. The molecule has 0 radical (unpaired) electrons. The van der Waals surface area contributed by atoms with Crippen molar-refractivity contribution < 1.29 is 23.5 Å². The zero-order valence-corrected chi connectivity index (χ0v) is 15.6. The van der Waals surface area contributed by atoms with Gasteiger partial charge < -0.3 is 15.4 Å². The molecule has 9 heteroatoms. The second-order valence-corrected chi connectivity index (χ2v) is 7.13. The van der Waals surface area contributed by atoms with Crippen LogP contribution in [0, 0.1) is 5.82 Å². The van der Waals surface area contributed by atoms with E-state index in [1.54, 1.807) is 12.1 Å². The van der Waals surface area contributed by atoms with E-state index in [-0.39, 0.29) is 22.2 Å². The maximum atomic E-state index is 13.1. The number of anilines is 2. The highest BCUT2D eigenvalue weighted by atomic mass is 35.5. The summed E-state index contributed by atoms with van der Waals surface area (Å²) in [5.74, 6) is -1.69. The highest BCUT2D eigenvalue weighted by Gasteiger charge is 2.22. The van der Waals surface area contributed by atoms with Crippen molar-refractivity contribution in [3.05, 3.63) is 52.8 Å². The molecule has 0 saturated heterocycles. The molecule has 0 bridgehead atoms. The third-order valence-electron chi connectivity index (χ3n) is 3.69. The number of hydrogen-bond donors (Lipinski definition) is 2. The zero-order valence-electron chi connectivity index (χ0n) is 14.0. The Morgan fingerprint density at radius 3 is 2.81 bits per heavy atom. The van der Waals surface area contributed by atoms with Crippen molar-refractivity contribution in [3.8, 4) is 0 Å². The molecule has 0 aromatic heterocycles. The molecule has 0 fully saturated rings. The molecular formula is C18H14ClFN2O4S. The van der Waals surface area contributed by atoms with Gasteiger partial charge in [-0.05, 0) is 43.3 Å². The number of hydrogen-bond acceptors (Lipinski definition) is 5. The highest BCUT2D eigenvalue weighted by molar-refractivity contribution is 8.00. The Kier molecular flexibility index (Phi) is 5.67. The summed E-state index contributed by atoms with van der Waals surface area (Å²) in [6.45, 7) is 1.40. The third-order valence-corrected chi connectivity index (χ3v) is 5.08. The topological polar surface area (TPSA) is 84.5 Å². The van der Waals surface area contributed by atoms with Crippen LogP contribution in [-0.2, 0) is 14.3 Å². The first kappa shape index (κ1) is 19.2. The molecule has 0 spiro atoms. The minimum Gasteiger partial charge on any atom is -0.449 e. The Labute approximate surface area is 163 Å². The summed E-state index contributed by atoms with van der Waals surface area (Å²) in [7, 11) is 0. The molecule has 1 heterocycles. The van der Waals surface area contributed by atoms with E-state index < -0.39 is 23.8 Å².